The summed E-state index contributed by atoms with van der Waals surface area (Å²) >= 11 is 5.81. The molecule has 0 unspecified atom stereocenters. The van der Waals surface area contributed by atoms with E-state index in [1.165, 1.54) is 37.5 Å². The zero-order valence-corrected chi connectivity index (χ0v) is 14.7. The summed E-state index contributed by atoms with van der Waals surface area (Å²) in [5.41, 5.74) is 0.421. The molecule has 25 heavy (non-hydrogen) atoms. The monoisotopic (exact) mass is 360 g/mol. The molecule has 0 aromatic heterocycles. The van der Waals surface area contributed by atoms with Gasteiger partial charge in [0.2, 0.25) is 5.91 Å². The summed E-state index contributed by atoms with van der Waals surface area (Å²) in [6.45, 7) is 0. The van der Waals surface area contributed by atoms with Gasteiger partial charge in [-0.05, 0) is 74.0 Å². The zero-order valence-electron chi connectivity index (χ0n) is 13.9. The summed E-state index contributed by atoms with van der Waals surface area (Å²) in [7, 11) is 0. The van der Waals surface area contributed by atoms with Crippen LogP contribution in [0.3, 0.4) is 0 Å². The summed E-state index contributed by atoms with van der Waals surface area (Å²) in [6.07, 6.45) is 10.4. The lowest BCUT2D eigenvalue weighted by Gasteiger charge is -2.56. The van der Waals surface area contributed by atoms with Gasteiger partial charge >= 0.3 is 0 Å². The van der Waals surface area contributed by atoms with Gasteiger partial charge in [-0.15, -0.1) is 0 Å². The number of nitro groups is 1. The van der Waals surface area contributed by atoms with E-state index in [1.54, 1.807) is 12.1 Å². The molecule has 1 aromatic rings. The summed E-state index contributed by atoms with van der Waals surface area (Å²) in [4.78, 5) is 22.9. The second-order valence-corrected chi connectivity index (χ2v) is 8.40. The highest BCUT2D eigenvalue weighted by Gasteiger charge is 2.51. The number of carbonyl (C=O) groups excluding carboxylic acids is 1. The fraction of sp³-hybridized carbons (Fsp3) is 0.526. The number of amides is 1. The predicted octanol–water partition coefficient (Wildman–Crippen LogP) is 4.35. The van der Waals surface area contributed by atoms with Crippen molar-refractivity contribution >= 4 is 29.3 Å². The normalized spacial score (nSPS) is 32.9. The summed E-state index contributed by atoms with van der Waals surface area (Å²) in [5.74, 6) is 2.21. The number of halogens is 1. The molecule has 4 fully saturated rings. The van der Waals surface area contributed by atoms with Gasteiger partial charge in [-0.3, -0.25) is 14.9 Å². The van der Waals surface area contributed by atoms with Gasteiger partial charge < -0.3 is 5.32 Å². The number of hydrogen-bond acceptors (Lipinski definition) is 3. The zero-order chi connectivity index (χ0) is 17.6. The van der Waals surface area contributed by atoms with Gasteiger partial charge in [0.25, 0.3) is 5.69 Å². The SMILES string of the molecule is O=C(C=Cc1ccc(Cl)c([N+](=O)[O-])c1)NC12CC3CC(CC(C3)C1)C2. The number of carbonyl (C=O) groups is 1. The van der Waals surface area contributed by atoms with Crippen LogP contribution in [0.5, 0.6) is 0 Å². The average Bonchev–Trinajstić information content (AvgIpc) is 2.52. The summed E-state index contributed by atoms with van der Waals surface area (Å²) in [6, 6.07) is 4.54. The number of nitrogens with one attached hydrogen (secondary N) is 1. The highest BCUT2D eigenvalue weighted by Crippen LogP contribution is 2.55. The second kappa shape index (κ2) is 6.13. The minimum Gasteiger partial charge on any atom is -0.347 e. The van der Waals surface area contributed by atoms with Crippen molar-refractivity contribution in [3.8, 4) is 0 Å². The average molecular weight is 361 g/mol. The van der Waals surface area contributed by atoms with Crippen molar-refractivity contribution in [3.63, 3.8) is 0 Å². The Morgan fingerprint density at radius 3 is 2.36 bits per heavy atom. The van der Waals surface area contributed by atoms with Crippen LogP contribution in [-0.2, 0) is 4.79 Å². The van der Waals surface area contributed by atoms with Crippen LogP contribution >= 0.6 is 11.6 Å². The minimum absolute atomic E-state index is 0.0256. The van der Waals surface area contributed by atoms with Gasteiger partial charge in [0.15, 0.2) is 0 Å². The van der Waals surface area contributed by atoms with Gasteiger partial charge in [-0.2, -0.15) is 0 Å². The van der Waals surface area contributed by atoms with Crippen molar-refractivity contribution in [1.29, 1.82) is 0 Å². The lowest BCUT2D eigenvalue weighted by atomic mass is 9.53. The first kappa shape index (κ1) is 16.6. The third kappa shape index (κ3) is 3.30. The topological polar surface area (TPSA) is 72.2 Å². The van der Waals surface area contributed by atoms with Crippen molar-refractivity contribution in [2.24, 2.45) is 17.8 Å². The van der Waals surface area contributed by atoms with Crippen LogP contribution in [-0.4, -0.2) is 16.4 Å². The molecule has 0 saturated heterocycles. The standard InChI is InChI=1S/C19H21ClN2O3/c20-16-3-1-12(8-17(16)22(24)25)2-4-18(23)21-19-9-13-5-14(10-19)7-15(6-13)11-19/h1-4,8,13-15H,5-7,9-11H2,(H,21,23). The Kier molecular flexibility index (Phi) is 4.07. The number of benzene rings is 1. The Labute approximate surface area is 151 Å². The number of hydrogen-bond donors (Lipinski definition) is 1. The second-order valence-electron chi connectivity index (χ2n) is 7.99. The lowest BCUT2D eigenvalue weighted by molar-refractivity contribution is -0.384. The molecular weight excluding hydrogens is 340 g/mol. The van der Waals surface area contributed by atoms with E-state index in [0.29, 0.717) is 5.56 Å². The van der Waals surface area contributed by atoms with Crippen molar-refractivity contribution in [3.05, 3.63) is 45.0 Å². The van der Waals surface area contributed by atoms with Crippen molar-refractivity contribution in [2.45, 2.75) is 44.1 Å². The fourth-order valence-electron chi connectivity index (χ4n) is 5.51. The molecular formula is C19H21ClN2O3. The smallest absolute Gasteiger partial charge is 0.288 e. The van der Waals surface area contributed by atoms with E-state index < -0.39 is 4.92 Å². The van der Waals surface area contributed by atoms with E-state index in [9.17, 15) is 14.9 Å². The summed E-state index contributed by atoms with van der Waals surface area (Å²) < 4.78 is 0. The molecule has 1 aromatic carbocycles. The number of nitro benzene ring substituents is 1. The number of rotatable bonds is 4. The van der Waals surface area contributed by atoms with E-state index in [4.69, 9.17) is 11.6 Å². The first-order chi connectivity index (χ1) is 11.9. The van der Waals surface area contributed by atoms with Crippen molar-refractivity contribution in [1.82, 2.24) is 5.32 Å². The van der Waals surface area contributed by atoms with E-state index in [0.717, 1.165) is 37.0 Å². The van der Waals surface area contributed by atoms with Gasteiger partial charge in [0.1, 0.15) is 5.02 Å². The van der Waals surface area contributed by atoms with Crippen molar-refractivity contribution < 1.29 is 9.72 Å². The molecule has 0 spiro atoms. The maximum absolute atomic E-state index is 12.4. The quantitative estimate of drug-likeness (QED) is 0.493. The molecule has 132 valence electrons. The Bertz CT molecular complexity index is 724. The van der Waals surface area contributed by atoms with Gasteiger partial charge in [0.05, 0.1) is 4.92 Å². The van der Waals surface area contributed by atoms with Crippen LogP contribution in [0, 0.1) is 27.9 Å². The maximum Gasteiger partial charge on any atom is 0.288 e. The van der Waals surface area contributed by atoms with Crippen LogP contribution < -0.4 is 5.32 Å². The number of nitrogens with zero attached hydrogens (tertiary/aromatic N) is 1. The van der Waals surface area contributed by atoms with Crippen LogP contribution in [0.4, 0.5) is 5.69 Å². The molecule has 4 aliphatic carbocycles. The molecule has 5 rings (SSSR count). The molecule has 4 saturated carbocycles. The molecule has 6 heteroatoms. The van der Waals surface area contributed by atoms with Crippen LogP contribution in [0.2, 0.25) is 5.02 Å². The highest BCUT2D eigenvalue weighted by atomic mass is 35.5. The lowest BCUT2D eigenvalue weighted by Crippen LogP contribution is -2.59. The molecule has 1 amide bonds. The fourth-order valence-corrected chi connectivity index (χ4v) is 5.70. The van der Waals surface area contributed by atoms with Crippen LogP contribution in [0.15, 0.2) is 24.3 Å². The van der Waals surface area contributed by atoms with E-state index >= 15 is 0 Å². The summed E-state index contributed by atoms with van der Waals surface area (Å²) in [5, 5.41) is 14.3. The first-order valence-electron chi connectivity index (χ1n) is 8.87. The van der Waals surface area contributed by atoms with Gasteiger partial charge in [-0.1, -0.05) is 17.7 Å². The third-order valence-electron chi connectivity index (χ3n) is 6.02. The van der Waals surface area contributed by atoms with Gasteiger partial charge in [0, 0.05) is 17.7 Å². The van der Waals surface area contributed by atoms with Crippen LogP contribution in [0.1, 0.15) is 44.1 Å². The Balaban J connectivity index is 1.45. The molecule has 4 aliphatic rings. The molecule has 5 nitrogen and oxygen atoms in total. The Morgan fingerprint density at radius 2 is 1.80 bits per heavy atom. The third-order valence-corrected chi connectivity index (χ3v) is 6.34. The molecule has 0 aliphatic heterocycles. The van der Waals surface area contributed by atoms with E-state index in [2.05, 4.69) is 5.32 Å². The Morgan fingerprint density at radius 1 is 1.20 bits per heavy atom. The largest absolute Gasteiger partial charge is 0.347 e. The van der Waals surface area contributed by atoms with Gasteiger partial charge in [-0.25, -0.2) is 0 Å². The predicted molar refractivity (Wildman–Crippen MR) is 96.2 cm³/mol. The van der Waals surface area contributed by atoms with Crippen molar-refractivity contribution in [2.75, 3.05) is 0 Å². The molecule has 4 bridgehead atoms. The molecule has 0 atom stereocenters. The Hall–Kier alpha value is -1.88. The minimum atomic E-state index is -0.519. The molecule has 0 radical (unpaired) electrons. The van der Waals surface area contributed by atoms with Crippen LogP contribution in [0.25, 0.3) is 6.08 Å². The van der Waals surface area contributed by atoms with E-state index in [-0.39, 0.29) is 22.2 Å². The first-order valence-corrected chi connectivity index (χ1v) is 9.24. The molecule has 1 N–H and O–H groups in total. The van der Waals surface area contributed by atoms with E-state index in [1.807, 2.05) is 0 Å². The highest BCUT2D eigenvalue weighted by molar-refractivity contribution is 6.32. The molecule has 0 heterocycles. The maximum atomic E-state index is 12.4.